The smallest absolute Gasteiger partial charge is 0.266 e. The van der Waals surface area contributed by atoms with E-state index in [1.165, 1.54) is 10.7 Å². The SMILES string of the molecule is COc1ccc(-c2ccc(=O)n(CCNC(=O)C3CCN(c4ccc(-c5ccccc5C)nn4)CC3)n2)cc1. The van der Waals surface area contributed by atoms with Crippen LogP contribution in [0, 0.1) is 12.8 Å². The van der Waals surface area contributed by atoms with Gasteiger partial charge in [0, 0.05) is 42.7 Å². The number of anilines is 1. The minimum Gasteiger partial charge on any atom is -0.497 e. The van der Waals surface area contributed by atoms with E-state index in [1.807, 2.05) is 54.6 Å². The van der Waals surface area contributed by atoms with E-state index in [1.54, 1.807) is 13.2 Å². The van der Waals surface area contributed by atoms with Crippen LogP contribution >= 0.6 is 0 Å². The standard InChI is InChI=1S/C30H32N6O3/c1-21-5-3-4-6-25(21)27-11-13-28(33-32-27)35-18-15-23(16-19-35)30(38)31-17-20-36-29(37)14-12-26(34-36)22-7-9-24(39-2)10-8-22/h3-14,23H,15-20H2,1-2H3,(H,31,38). The van der Waals surface area contributed by atoms with Crippen LogP contribution in [0.25, 0.3) is 22.5 Å². The zero-order chi connectivity index (χ0) is 27.2. The zero-order valence-electron chi connectivity index (χ0n) is 22.2. The molecule has 4 aromatic rings. The highest BCUT2D eigenvalue weighted by Crippen LogP contribution is 2.25. The van der Waals surface area contributed by atoms with Crippen LogP contribution in [0.5, 0.6) is 5.75 Å². The first-order valence-electron chi connectivity index (χ1n) is 13.2. The molecule has 0 radical (unpaired) electrons. The summed E-state index contributed by atoms with van der Waals surface area (Å²) < 4.78 is 6.59. The maximum absolute atomic E-state index is 12.8. The normalized spacial score (nSPS) is 13.7. The zero-order valence-corrected chi connectivity index (χ0v) is 22.2. The largest absolute Gasteiger partial charge is 0.497 e. The van der Waals surface area contributed by atoms with Crippen LogP contribution in [0.2, 0.25) is 0 Å². The number of aromatic nitrogens is 4. The van der Waals surface area contributed by atoms with E-state index >= 15 is 0 Å². The van der Waals surface area contributed by atoms with Crippen molar-refractivity contribution in [2.45, 2.75) is 26.3 Å². The Kier molecular flexibility index (Phi) is 7.96. The molecule has 1 aliphatic rings. The lowest BCUT2D eigenvalue weighted by Crippen LogP contribution is -2.42. The van der Waals surface area contributed by atoms with Gasteiger partial charge in [-0.2, -0.15) is 5.10 Å². The summed E-state index contributed by atoms with van der Waals surface area (Å²) in [6.45, 7) is 4.18. The molecule has 1 fully saturated rings. The fourth-order valence-electron chi connectivity index (χ4n) is 4.82. The fourth-order valence-corrected chi connectivity index (χ4v) is 4.82. The molecule has 1 amide bonds. The molecule has 9 nitrogen and oxygen atoms in total. The molecule has 0 aliphatic carbocycles. The molecule has 2 aromatic carbocycles. The highest BCUT2D eigenvalue weighted by Gasteiger charge is 2.25. The van der Waals surface area contributed by atoms with Gasteiger partial charge in [-0.1, -0.05) is 24.3 Å². The summed E-state index contributed by atoms with van der Waals surface area (Å²) in [5.41, 5.74) is 4.47. The Balaban J connectivity index is 1.11. The number of methoxy groups -OCH3 is 1. The van der Waals surface area contributed by atoms with Gasteiger partial charge >= 0.3 is 0 Å². The van der Waals surface area contributed by atoms with E-state index in [9.17, 15) is 9.59 Å². The predicted molar refractivity (Wildman–Crippen MR) is 151 cm³/mol. The topological polar surface area (TPSA) is 102 Å². The van der Waals surface area contributed by atoms with Gasteiger partial charge in [-0.15, -0.1) is 10.2 Å². The first-order valence-corrected chi connectivity index (χ1v) is 13.2. The van der Waals surface area contributed by atoms with Crippen LogP contribution in [-0.2, 0) is 11.3 Å². The number of hydrogen-bond acceptors (Lipinski definition) is 7. The molecule has 39 heavy (non-hydrogen) atoms. The molecular weight excluding hydrogens is 492 g/mol. The first kappa shape index (κ1) is 26.1. The van der Waals surface area contributed by atoms with E-state index < -0.39 is 0 Å². The summed E-state index contributed by atoms with van der Waals surface area (Å²) in [6.07, 6.45) is 1.47. The van der Waals surface area contributed by atoms with Crippen molar-refractivity contribution in [2.24, 2.45) is 5.92 Å². The molecule has 200 valence electrons. The lowest BCUT2D eigenvalue weighted by atomic mass is 9.96. The lowest BCUT2D eigenvalue weighted by Gasteiger charge is -2.31. The van der Waals surface area contributed by atoms with Gasteiger partial charge in [-0.3, -0.25) is 9.59 Å². The van der Waals surface area contributed by atoms with Crippen LogP contribution in [-0.4, -0.2) is 52.6 Å². The van der Waals surface area contributed by atoms with Crippen molar-refractivity contribution in [1.29, 1.82) is 0 Å². The predicted octanol–water partition coefficient (Wildman–Crippen LogP) is 3.72. The van der Waals surface area contributed by atoms with Crippen molar-refractivity contribution in [3.8, 4) is 28.3 Å². The van der Waals surface area contributed by atoms with Crippen molar-refractivity contribution in [3.63, 3.8) is 0 Å². The van der Waals surface area contributed by atoms with Gasteiger partial charge in [0.05, 0.1) is 25.0 Å². The molecular formula is C30H32N6O3. The minimum atomic E-state index is -0.204. The summed E-state index contributed by atoms with van der Waals surface area (Å²) >= 11 is 0. The third-order valence-electron chi connectivity index (χ3n) is 7.14. The van der Waals surface area contributed by atoms with Gasteiger partial charge < -0.3 is 15.0 Å². The van der Waals surface area contributed by atoms with Gasteiger partial charge in [0.25, 0.3) is 5.56 Å². The molecule has 0 bridgehead atoms. The Labute approximate surface area is 227 Å². The van der Waals surface area contributed by atoms with Crippen LogP contribution < -0.4 is 20.5 Å². The maximum Gasteiger partial charge on any atom is 0.266 e. The number of aryl methyl sites for hydroxylation is 1. The molecule has 3 heterocycles. The van der Waals surface area contributed by atoms with Crippen LogP contribution in [0.3, 0.4) is 0 Å². The molecule has 5 rings (SSSR count). The quantitative estimate of drug-likeness (QED) is 0.375. The third kappa shape index (κ3) is 6.14. The second kappa shape index (κ2) is 11.9. The molecule has 0 spiro atoms. The highest BCUT2D eigenvalue weighted by atomic mass is 16.5. The Hall–Kier alpha value is -4.53. The molecule has 9 heteroatoms. The van der Waals surface area contributed by atoms with Gasteiger partial charge in [0.15, 0.2) is 5.82 Å². The Morgan fingerprint density at radius 2 is 1.69 bits per heavy atom. The number of nitrogens with zero attached hydrogens (tertiary/aromatic N) is 5. The summed E-state index contributed by atoms with van der Waals surface area (Å²) in [5.74, 6) is 1.52. The maximum atomic E-state index is 12.8. The number of piperidine rings is 1. The molecule has 0 atom stereocenters. The summed E-state index contributed by atoms with van der Waals surface area (Å²) in [5, 5.41) is 16.3. The second-order valence-electron chi connectivity index (χ2n) is 9.65. The third-order valence-corrected chi connectivity index (χ3v) is 7.14. The summed E-state index contributed by atoms with van der Waals surface area (Å²) in [7, 11) is 1.62. The van der Waals surface area contributed by atoms with Gasteiger partial charge in [0.2, 0.25) is 5.91 Å². The Morgan fingerprint density at radius 3 is 2.38 bits per heavy atom. The van der Waals surface area contributed by atoms with Gasteiger partial charge in [0.1, 0.15) is 5.75 Å². The molecule has 1 saturated heterocycles. The average Bonchev–Trinajstić information content (AvgIpc) is 2.98. The molecule has 1 N–H and O–H groups in total. The number of ether oxygens (including phenoxy) is 1. The van der Waals surface area contributed by atoms with Gasteiger partial charge in [-0.25, -0.2) is 4.68 Å². The number of carbonyl (C=O) groups is 1. The summed E-state index contributed by atoms with van der Waals surface area (Å²) in [6, 6.07) is 22.8. The molecule has 0 saturated carbocycles. The van der Waals surface area contributed by atoms with Crippen molar-refractivity contribution in [1.82, 2.24) is 25.3 Å². The Morgan fingerprint density at radius 1 is 0.949 bits per heavy atom. The lowest BCUT2D eigenvalue weighted by molar-refractivity contribution is -0.125. The van der Waals surface area contributed by atoms with Crippen LogP contribution in [0.15, 0.2) is 77.6 Å². The molecule has 2 aromatic heterocycles. The second-order valence-corrected chi connectivity index (χ2v) is 9.65. The van der Waals surface area contributed by atoms with Gasteiger partial charge in [-0.05, 0) is 67.8 Å². The monoisotopic (exact) mass is 524 g/mol. The van der Waals surface area contributed by atoms with Crippen molar-refractivity contribution < 1.29 is 9.53 Å². The minimum absolute atomic E-state index is 0.00925. The number of amides is 1. The van der Waals surface area contributed by atoms with Crippen molar-refractivity contribution >= 4 is 11.7 Å². The van der Waals surface area contributed by atoms with E-state index in [2.05, 4.69) is 38.5 Å². The van der Waals surface area contributed by atoms with E-state index in [0.717, 1.165) is 59.9 Å². The van der Waals surface area contributed by atoms with Crippen LogP contribution in [0.4, 0.5) is 5.82 Å². The van der Waals surface area contributed by atoms with Crippen molar-refractivity contribution in [3.05, 3.63) is 88.7 Å². The number of benzene rings is 2. The number of nitrogens with one attached hydrogen (secondary N) is 1. The number of carbonyl (C=O) groups excluding carboxylic acids is 1. The average molecular weight is 525 g/mol. The van der Waals surface area contributed by atoms with Crippen molar-refractivity contribution in [2.75, 3.05) is 31.6 Å². The van der Waals surface area contributed by atoms with Crippen LogP contribution in [0.1, 0.15) is 18.4 Å². The number of hydrogen-bond donors (Lipinski definition) is 1. The van der Waals surface area contributed by atoms with E-state index in [-0.39, 0.29) is 17.4 Å². The number of rotatable bonds is 8. The first-order chi connectivity index (χ1) is 19.0. The Bertz CT molecular complexity index is 1480. The molecule has 1 aliphatic heterocycles. The van der Waals surface area contributed by atoms with E-state index in [0.29, 0.717) is 18.8 Å². The summed E-state index contributed by atoms with van der Waals surface area (Å²) in [4.78, 5) is 27.3. The fraction of sp³-hybridized carbons (Fsp3) is 0.300. The molecule has 0 unspecified atom stereocenters. The highest BCUT2D eigenvalue weighted by molar-refractivity contribution is 5.79. The van der Waals surface area contributed by atoms with E-state index in [4.69, 9.17) is 4.74 Å².